The van der Waals surface area contributed by atoms with Gasteiger partial charge in [0, 0.05) is 25.7 Å². The minimum Gasteiger partial charge on any atom is -0.383 e. The van der Waals surface area contributed by atoms with Crippen LogP contribution in [0.25, 0.3) is 0 Å². The van der Waals surface area contributed by atoms with E-state index in [0.29, 0.717) is 25.7 Å². The number of carbonyl (C=O) groups excluding carboxylic acids is 1. The average Bonchev–Trinajstić information content (AvgIpc) is 2.29. The van der Waals surface area contributed by atoms with Gasteiger partial charge in [0.05, 0.1) is 13.2 Å². The number of amides is 1. The van der Waals surface area contributed by atoms with Gasteiger partial charge >= 0.3 is 0 Å². The summed E-state index contributed by atoms with van der Waals surface area (Å²) in [5.74, 6) is 0.0647. The summed E-state index contributed by atoms with van der Waals surface area (Å²) in [6, 6.07) is 0.431. The largest absolute Gasteiger partial charge is 0.383 e. The van der Waals surface area contributed by atoms with Crippen LogP contribution in [-0.4, -0.2) is 56.2 Å². The molecule has 0 spiro atoms. The Bertz CT molecular complexity index is 236. The van der Waals surface area contributed by atoms with E-state index in [0.717, 1.165) is 19.4 Å². The Hall–Kier alpha value is -0.650. The van der Waals surface area contributed by atoms with Crippen LogP contribution in [0.1, 0.15) is 26.2 Å². The van der Waals surface area contributed by atoms with E-state index >= 15 is 0 Å². The molecule has 1 heterocycles. The lowest BCUT2D eigenvalue weighted by molar-refractivity contribution is -0.124. The first-order chi connectivity index (χ1) is 8.17. The zero-order chi connectivity index (χ0) is 12.7. The molecule has 2 atom stereocenters. The zero-order valence-corrected chi connectivity index (χ0v) is 10.9. The van der Waals surface area contributed by atoms with Crippen molar-refractivity contribution < 1.29 is 9.53 Å². The first kappa shape index (κ1) is 14.4. The summed E-state index contributed by atoms with van der Waals surface area (Å²) >= 11 is 0. The quantitative estimate of drug-likeness (QED) is 0.686. The topological polar surface area (TPSA) is 67.6 Å². The summed E-state index contributed by atoms with van der Waals surface area (Å²) in [5, 5.41) is 2.93. The van der Waals surface area contributed by atoms with Crippen molar-refractivity contribution in [3.8, 4) is 0 Å². The molecule has 0 aromatic carbocycles. The van der Waals surface area contributed by atoms with Crippen molar-refractivity contribution >= 4 is 5.91 Å². The molecule has 0 aromatic heterocycles. The second kappa shape index (κ2) is 7.63. The minimum atomic E-state index is 0.0635. The Morgan fingerprint density at radius 1 is 1.59 bits per heavy atom. The van der Waals surface area contributed by atoms with Crippen LogP contribution in [0.3, 0.4) is 0 Å². The van der Waals surface area contributed by atoms with Crippen LogP contribution in [0, 0.1) is 0 Å². The molecule has 5 heteroatoms. The number of hydrogen-bond acceptors (Lipinski definition) is 4. The van der Waals surface area contributed by atoms with E-state index in [-0.39, 0.29) is 11.9 Å². The SMILES string of the molecule is COCC(C)NC(=O)CN1CCCCC1CN. The molecule has 2 unspecified atom stereocenters. The monoisotopic (exact) mass is 243 g/mol. The summed E-state index contributed by atoms with van der Waals surface area (Å²) in [6.07, 6.45) is 3.49. The number of likely N-dealkylation sites (tertiary alicyclic amines) is 1. The molecule has 1 fully saturated rings. The number of carbonyl (C=O) groups is 1. The average molecular weight is 243 g/mol. The van der Waals surface area contributed by atoms with Gasteiger partial charge in [-0.05, 0) is 26.3 Å². The molecule has 5 nitrogen and oxygen atoms in total. The summed E-state index contributed by atoms with van der Waals surface area (Å²) in [4.78, 5) is 14.0. The Morgan fingerprint density at radius 3 is 3.00 bits per heavy atom. The first-order valence-electron chi connectivity index (χ1n) is 6.39. The minimum absolute atomic E-state index is 0.0635. The second-order valence-electron chi connectivity index (χ2n) is 4.78. The van der Waals surface area contributed by atoms with Crippen molar-refractivity contribution in [2.45, 2.75) is 38.3 Å². The first-order valence-corrected chi connectivity index (χ1v) is 6.39. The third-order valence-electron chi connectivity index (χ3n) is 3.19. The van der Waals surface area contributed by atoms with Crippen LogP contribution in [0.2, 0.25) is 0 Å². The van der Waals surface area contributed by atoms with Crippen molar-refractivity contribution in [3.63, 3.8) is 0 Å². The summed E-state index contributed by atoms with van der Waals surface area (Å²) in [5.41, 5.74) is 5.72. The maximum atomic E-state index is 11.8. The van der Waals surface area contributed by atoms with Gasteiger partial charge in [-0.1, -0.05) is 6.42 Å². The Morgan fingerprint density at radius 2 is 2.35 bits per heavy atom. The van der Waals surface area contributed by atoms with Crippen molar-refractivity contribution in [1.29, 1.82) is 0 Å². The molecular weight excluding hydrogens is 218 g/mol. The van der Waals surface area contributed by atoms with Crippen molar-refractivity contribution in [3.05, 3.63) is 0 Å². The molecule has 0 bridgehead atoms. The van der Waals surface area contributed by atoms with E-state index in [1.54, 1.807) is 7.11 Å². The van der Waals surface area contributed by atoms with Gasteiger partial charge in [-0.3, -0.25) is 9.69 Å². The molecule has 0 saturated carbocycles. The van der Waals surface area contributed by atoms with Crippen molar-refractivity contribution in [2.24, 2.45) is 5.73 Å². The van der Waals surface area contributed by atoms with Crippen LogP contribution in [-0.2, 0) is 9.53 Å². The van der Waals surface area contributed by atoms with Crippen LogP contribution in [0.4, 0.5) is 0 Å². The molecule has 0 radical (unpaired) electrons. The number of nitrogens with two attached hydrogens (primary N) is 1. The molecule has 0 aromatic rings. The maximum Gasteiger partial charge on any atom is 0.234 e. The lowest BCUT2D eigenvalue weighted by Gasteiger charge is -2.34. The van der Waals surface area contributed by atoms with Gasteiger partial charge in [0.25, 0.3) is 0 Å². The number of ether oxygens (including phenoxy) is 1. The molecule has 1 aliphatic heterocycles. The van der Waals surface area contributed by atoms with Crippen LogP contribution >= 0.6 is 0 Å². The lowest BCUT2D eigenvalue weighted by Crippen LogP contribution is -2.50. The fraction of sp³-hybridized carbons (Fsp3) is 0.917. The normalized spacial score (nSPS) is 23.4. The molecule has 0 aliphatic carbocycles. The van der Waals surface area contributed by atoms with E-state index in [1.165, 1.54) is 6.42 Å². The number of methoxy groups -OCH3 is 1. The van der Waals surface area contributed by atoms with Gasteiger partial charge in [-0.15, -0.1) is 0 Å². The van der Waals surface area contributed by atoms with E-state index in [1.807, 2.05) is 6.92 Å². The zero-order valence-electron chi connectivity index (χ0n) is 10.9. The Kier molecular flexibility index (Phi) is 6.47. The highest BCUT2D eigenvalue weighted by Gasteiger charge is 2.23. The van der Waals surface area contributed by atoms with E-state index in [4.69, 9.17) is 10.5 Å². The number of rotatable bonds is 6. The number of piperidine rings is 1. The molecule has 1 saturated heterocycles. The third-order valence-corrected chi connectivity index (χ3v) is 3.19. The second-order valence-corrected chi connectivity index (χ2v) is 4.78. The number of nitrogens with zero attached hydrogens (tertiary/aromatic N) is 1. The van der Waals surface area contributed by atoms with Crippen molar-refractivity contribution in [2.75, 3.05) is 33.4 Å². The molecule has 100 valence electrons. The van der Waals surface area contributed by atoms with Crippen LogP contribution in [0.5, 0.6) is 0 Å². The predicted octanol–water partition coefficient (Wildman–Crippen LogP) is -0.0493. The van der Waals surface area contributed by atoms with Gasteiger partial charge in [0.2, 0.25) is 5.91 Å². The summed E-state index contributed by atoms with van der Waals surface area (Å²) < 4.78 is 4.99. The highest BCUT2D eigenvalue weighted by atomic mass is 16.5. The van der Waals surface area contributed by atoms with Crippen molar-refractivity contribution in [1.82, 2.24) is 10.2 Å². The molecule has 1 rings (SSSR count). The summed E-state index contributed by atoms with van der Waals surface area (Å²) in [7, 11) is 1.64. The van der Waals surface area contributed by atoms with Gasteiger partial charge in [-0.2, -0.15) is 0 Å². The Labute approximate surface area is 104 Å². The van der Waals surface area contributed by atoms with Crippen LogP contribution < -0.4 is 11.1 Å². The van der Waals surface area contributed by atoms with Crippen LogP contribution in [0.15, 0.2) is 0 Å². The van der Waals surface area contributed by atoms with Gasteiger partial charge in [0.1, 0.15) is 0 Å². The number of nitrogens with one attached hydrogen (secondary N) is 1. The van der Waals surface area contributed by atoms with Gasteiger partial charge in [-0.25, -0.2) is 0 Å². The molecular formula is C12H25N3O2. The highest BCUT2D eigenvalue weighted by Crippen LogP contribution is 2.15. The summed E-state index contributed by atoms with van der Waals surface area (Å²) in [6.45, 7) is 4.56. The fourth-order valence-corrected chi connectivity index (χ4v) is 2.33. The number of hydrogen-bond donors (Lipinski definition) is 2. The van der Waals surface area contributed by atoms with Gasteiger partial charge < -0.3 is 15.8 Å². The van der Waals surface area contributed by atoms with Gasteiger partial charge in [0.15, 0.2) is 0 Å². The molecule has 1 amide bonds. The Balaban J connectivity index is 2.33. The van der Waals surface area contributed by atoms with E-state index in [2.05, 4.69) is 10.2 Å². The fourth-order valence-electron chi connectivity index (χ4n) is 2.33. The molecule has 17 heavy (non-hydrogen) atoms. The standard InChI is InChI=1S/C12H25N3O2/c1-10(9-17-2)14-12(16)8-15-6-4-3-5-11(15)7-13/h10-11H,3-9,13H2,1-2H3,(H,14,16). The molecule has 1 aliphatic rings. The smallest absolute Gasteiger partial charge is 0.234 e. The third kappa shape index (κ3) is 5.02. The predicted molar refractivity (Wildman–Crippen MR) is 67.7 cm³/mol. The van der Waals surface area contributed by atoms with E-state index in [9.17, 15) is 4.79 Å². The maximum absolute atomic E-state index is 11.8. The van der Waals surface area contributed by atoms with E-state index < -0.39 is 0 Å². The highest BCUT2D eigenvalue weighted by molar-refractivity contribution is 5.78. The molecule has 3 N–H and O–H groups in total. The lowest BCUT2D eigenvalue weighted by atomic mass is 10.0.